The van der Waals surface area contributed by atoms with Crippen molar-refractivity contribution in [2.75, 3.05) is 11.1 Å². The van der Waals surface area contributed by atoms with Crippen molar-refractivity contribution in [3.63, 3.8) is 0 Å². The molecule has 0 saturated carbocycles. The van der Waals surface area contributed by atoms with Crippen LogP contribution in [-0.4, -0.2) is 5.91 Å². The van der Waals surface area contributed by atoms with Crippen molar-refractivity contribution in [1.29, 1.82) is 0 Å². The topological polar surface area (TPSA) is 55.1 Å². The molecule has 0 spiro atoms. The van der Waals surface area contributed by atoms with Crippen LogP contribution in [0.4, 0.5) is 15.8 Å². The highest BCUT2D eigenvalue weighted by molar-refractivity contribution is 6.07. The van der Waals surface area contributed by atoms with Crippen molar-refractivity contribution in [1.82, 2.24) is 0 Å². The number of amides is 1. The van der Waals surface area contributed by atoms with E-state index in [0.717, 1.165) is 11.6 Å². The number of carbonyl (C=O) groups is 1. The van der Waals surface area contributed by atoms with E-state index in [4.69, 9.17) is 5.73 Å². The van der Waals surface area contributed by atoms with Crippen LogP contribution in [0.1, 0.15) is 35.7 Å². The number of nitrogens with two attached hydrogens (primary N) is 1. The van der Waals surface area contributed by atoms with Crippen molar-refractivity contribution >= 4 is 17.3 Å². The van der Waals surface area contributed by atoms with Gasteiger partial charge >= 0.3 is 0 Å². The third-order valence-corrected chi connectivity index (χ3v) is 3.07. The maximum Gasteiger partial charge on any atom is 0.257 e. The number of hydrogen-bond donors (Lipinski definition) is 2. The molecule has 0 aliphatic carbocycles. The van der Waals surface area contributed by atoms with Gasteiger partial charge in [0.2, 0.25) is 0 Å². The maximum absolute atomic E-state index is 13.0. The summed E-state index contributed by atoms with van der Waals surface area (Å²) in [5, 5.41) is 2.77. The zero-order valence-electron chi connectivity index (χ0n) is 11.5. The third kappa shape index (κ3) is 3.15. The zero-order chi connectivity index (χ0) is 14.7. The average Bonchev–Trinajstić information content (AvgIpc) is 2.38. The predicted octanol–water partition coefficient (Wildman–Crippen LogP) is 3.78. The molecule has 0 aliphatic heterocycles. The lowest BCUT2D eigenvalue weighted by atomic mass is 10.0. The lowest BCUT2D eigenvalue weighted by molar-refractivity contribution is 0.102. The van der Waals surface area contributed by atoms with E-state index in [9.17, 15) is 9.18 Å². The number of nitrogens with one attached hydrogen (secondary N) is 1. The van der Waals surface area contributed by atoms with Crippen molar-refractivity contribution in [3.05, 3.63) is 59.4 Å². The van der Waals surface area contributed by atoms with Gasteiger partial charge in [-0.15, -0.1) is 0 Å². The summed E-state index contributed by atoms with van der Waals surface area (Å²) in [5.41, 5.74) is 7.88. The van der Waals surface area contributed by atoms with E-state index in [-0.39, 0.29) is 17.2 Å². The Bertz CT molecular complexity index is 638. The van der Waals surface area contributed by atoms with Gasteiger partial charge in [0.1, 0.15) is 5.82 Å². The van der Waals surface area contributed by atoms with Crippen LogP contribution in [0.5, 0.6) is 0 Å². The standard InChI is InChI=1S/C16H17FN2O/c1-10(2)11-4-3-5-13(8-11)19-16(20)14-7-6-12(17)9-15(14)18/h3-10H,18H2,1-2H3,(H,19,20). The Hall–Kier alpha value is -2.36. The van der Waals surface area contributed by atoms with Gasteiger partial charge in [-0.25, -0.2) is 4.39 Å². The van der Waals surface area contributed by atoms with E-state index in [0.29, 0.717) is 11.6 Å². The van der Waals surface area contributed by atoms with Crippen LogP contribution in [0, 0.1) is 5.82 Å². The summed E-state index contributed by atoms with van der Waals surface area (Å²) in [6.07, 6.45) is 0. The van der Waals surface area contributed by atoms with Gasteiger partial charge in [-0.1, -0.05) is 26.0 Å². The summed E-state index contributed by atoms with van der Waals surface area (Å²) in [4.78, 5) is 12.1. The molecule has 4 heteroatoms. The first-order chi connectivity index (χ1) is 9.47. The zero-order valence-corrected chi connectivity index (χ0v) is 11.5. The highest BCUT2D eigenvalue weighted by Gasteiger charge is 2.11. The summed E-state index contributed by atoms with van der Waals surface area (Å²) in [6.45, 7) is 4.16. The predicted molar refractivity (Wildman–Crippen MR) is 79.3 cm³/mol. The second kappa shape index (κ2) is 5.74. The molecule has 104 valence electrons. The van der Waals surface area contributed by atoms with E-state index in [1.807, 2.05) is 24.3 Å². The van der Waals surface area contributed by atoms with Crippen LogP contribution < -0.4 is 11.1 Å². The molecule has 3 N–H and O–H groups in total. The Morgan fingerprint density at radius 3 is 2.60 bits per heavy atom. The molecule has 2 aromatic rings. The largest absolute Gasteiger partial charge is 0.398 e. The number of carbonyl (C=O) groups excluding carboxylic acids is 1. The Balaban J connectivity index is 2.21. The van der Waals surface area contributed by atoms with E-state index < -0.39 is 5.82 Å². The number of benzene rings is 2. The Kier molecular flexibility index (Phi) is 4.03. The van der Waals surface area contributed by atoms with Crippen LogP contribution in [0.15, 0.2) is 42.5 Å². The number of rotatable bonds is 3. The van der Waals surface area contributed by atoms with Gasteiger partial charge in [0.15, 0.2) is 0 Å². The number of hydrogen-bond acceptors (Lipinski definition) is 2. The normalized spacial score (nSPS) is 10.6. The van der Waals surface area contributed by atoms with E-state index >= 15 is 0 Å². The molecule has 0 bridgehead atoms. The van der Waals surface area contributed by atoms with Gasteiger partial charge in [0, 0.05) is 11.4 Å². The van der Waals surface area contributed by atoms with Gasteiger partial charge < -0.3 is 11.1 Å². The first kappa shape index (κ1) is 14.1. The van der Waals surface area contributed by atoms with E-state index in [2.05, 4.69) is 19.2 Å². The minimum atomic E-state index is -0.458. The lowest BCUT2D eigenvalue weighted by Crippen LogP contribution is -2.14. The minimum absolute atomic E-state index is 0.127. The molecule has 20 heavy (non-hydrogen) atoms. The van der Waals surface area contributed by atoms with Crippen molar-refractivity contribution in [3.8, 4) is 0 Å². The SMILES string of the molecule is CC(C)c1cccc(NC(=O)c2ccc(F)cc2N)c1. The van der Waals surface area contributed by atoms with Gasteiger partial charge in [-0.3, -0.25) is 4.79 Å². The summed E-state index contributed by atoms with van der Waals surface area (Å²) < 4.78 is 13.0. The Labute approximate surface area is 117 Å². The minimum Gasteiger partial charge on any atom is -0.398 e. The Morgan fingerprint density at radius 2 is 1.95 bits per heavy atom. The van der Waals surface area contributed by atoms with Crippen LogP contribution in [-0.2, 0) is 0 Å². The number of nitrogen functional groups attached to an aromatic ring is 1. The molecule has 0 unspecified atom stereocenters. The quantitative estimate of drug-likeness (QED) is 0.835. The van der Waals surface area contributed by atoms with Crippen LogP contribution >= 0.6 is 0 Å². The summed E-state index contributed by atoms with van der Waals surface area (Å²) in [6, 6.07) is 11.4. The lowest BCUT2D eigenvalue weighted by Gasteiger charge is -2.10. The fourth-order valence-corrected chi connectivity index (χ4v) is 1.91. The van der Waals surface area contributed by atoms with Crippen LogP contribution in [0.2, 0.25) is 0 Å². The van der Waals surface area contributed by atoms with Gasteiger partial charge in [-0.05, 0) is 41.8 Å². The van der Waals surface area contributed by atoms with E-state index in [1.165, 1.54) is 12.1 Å². The molecule has 0 aliphatic rings. The molecular weight excluding hydrogens is 255 g/mol. The molecule has 0 atom stereocenters. The summed E-state index contributed by atoms with van der Waals surface area (Å²) in [7, 11) is 0. The average molecular weight is 272 g/mol. The molecule has 0 fully saturated rings. The fourth-order valence-electron chi connectivity index (χ4n) is 1.91. The number of anilines is 2. The Morgan fingerprint density at radius 1 is 1.20 bits per heavy atom. The molecule has 0 radical (unpaired) electrons. The maximum atomic E-state index is 13.0. The van der Waals surface area contributed by atoms with Crippen LogP contribution in [0.3, 0.4) is 0 Å². The monoisotopic (exact) mass is 272 g/mol. The summed E-state index contributed by atoms with van der Waals surface area (Å²) >= 11 is 0. The second-order valence-electron chi connectivity index (χ2n) is 4.97. The molecule has 0 aromatic heterocycles. The summed E-state index contributed by atoms with van der Waals surface area (Å²) in [5.74, 6) is -0.424. The first-order valence-electron chi connectivity index (χ1n) is 6.43. The second-order valence-corrected chi connectivity index (χ2v) is 4.97. The highest BCUT2D eigenvalue weighted by atomic mass is 19.1. The smallest absolute Gasteiger partial charge is 0.257 e. The number of halogens is 1. The first-order valence-corrected chi connectivity index (χ1v) is 6.43. The molecule has 0 heterocycles. The van der Waals surface area contributed by atoms with Gasteiger partial charge in [0.05, 0.1) is 5.56 Å². The molecule has 1 amide bonds. The molecular formula is C16H17FN2O. The molecule has 2 rings (SSSR count). The highest BCUT2D eigenvalue weighted by Crippen LogP contribution is 2.20. The van der Waals surface area contributed by atoms with Crippen molar-refractivity contribution < 1.29 is 9.18 Å². The van der Waals surface area contributed by atoms with Crippen molar-refractivity contribution in [2.24, 2.45) is 0 Å². The van der Waals surface area contributed by atoms with Crippen molar-refractivity contribution in [2.45, 2.75) is 19.8 Å². The molecule has 2 aromatic carbocycles. The third-order valence-electron chi connectivity index (χ3n) is 3.07. The van der Waals surface area contributed by atoms with Gasteiger partial charge in [0.25, 0.3) is 5.91 Å². The molecule has 0 saturated heterocycles. The molecule has 3 nitrogen and oxygen atoms in total. The fraction of sp³-hybridized carbons (Fsp3) is 0.188. The van der Waals surface area contributed by atoms with E-state index in [1.54, 1.807) is 0 Å². The van der Waals surface area contributed by atoms with Crippen LogP contribution in [0.25, 0.3) is 0 Å². The van der Waals surface area contributed by atoms with Gasteiger partial charge in [-0.2, -0.15) is 0 Å².